The van der Waals surface area contributed by atoms with Crippen LogP contribution in [-0.2, 0) is 9.53 Å². The zero-order valence-electron chi connectivity index (χ0n) is 10.2. The van der Waals surface area contributed by atoms with Gasteiger partial charge in [-0.05, 0) is 45.1 Å². The fourth-order valence-corrected chi connectivity index (χ4v) is 3.15. The maximum Gasteiger partial charge on any atom is 0.124 e. The highest BCUT2D eigenvalue weighted by molar-refractivity contribution is 5.53. The van der Waals surface area contributed by atoms with E-state index in [9.17, 15) is 4.79 Å². The molecule has 2 rings (SSSR count). The molecule has 1 aliphatic carbocycles. The van der Waals surface area contributed by atoms with Crippen LogP contribution < -0.4 is 0 Å². The van der Waals surface area contributed by atoms with Gasteiger partial charge in [-0.15, -0.1) is 0 Å². The van der Waals surface area contributed by atoms with Gasteiger partial charge in [0.05, 0.1) is 6.10 Å². The van der Waals surface area contributed by atoms with Crippen molar-refractivity contribution >= 4 is 6.29 Å². The van der Waals surface area contributed by atoms with Crippen LogP contribution in [-0.4, -0.2) is 43.5 Å². The van der Waals surface area contributed by atoms with Crippen LogP contribution in [0.5, 0.6) is 0 Å². The average Bonchev–Trinajstić information content (AvgIpc) is 2.39. The first-order chi connectivity index (χ1) is 7.83. The van der Waals surface area contributed by atoms with E-state index in [0.29, 0.717) is 12.1 Å². The molecule has 2 fully saturated rings. The third-order valence-corrected chi connectivity index (χ3v) is 4.13. The first-order valence-electron chi connectivity index (χ1n) is 6.55. The minimum absolute atomic E-state index is 0.275. The number of aldehydes is 1. The molecule has 0 aromatic heterocycles. The van der Waals surface area contributed by atoms with Crippen LogP contribution in [0.25, 0.3) is 0 Å². The molecule has 3 nitrogen and oxygen atoms in total. The number of carbonyl (C=O) groups excluding carboxylic acids is 1. The van der Waals surface area contributed by atoms with E-state index in [1.165, 1.54) is 32.2 Å². The van der Waals surface area contributed by atoms with E-state index >= 15 is 0 Å². The highest BCUT2D eigenvalue weighted by atomic mass is 16.5. The number of nitrogens with zero attached hydrogens (tertiary/aromatic N) is 1. The van der Waals surface area contributed by atoms with E-state index in [-0.39, 0.29) is 5.92 Å². The Morgan fingerprint density at radius 2 is 2.12 bits per heavy atom. The lowest BCUT2D eigenvalue weighted by molar-refractivity contribution is -0.113. The van der Waals surface area contributed by atoms with Crippen molar-refractivity contribution in [3.63, 3.8) is 0 Å². The van der Waals surface area contributed by atoms with Crippen LogP contribution in [0, 0.1) is 5.92 Å². The van der Waals surface area contributed by atoms with E-state index < -0.39 is 0 Å². The molecule has 0 radical (unpaired) electrons. The van der Waals surface area contributed by atoms with Gasteiger partial charge in [-0.3, -0.25) is 4.90 Å². The van der Waals surface area contributed by atoms with Gasteiger partial charge in [0.15, 0.2) is 0 Å². The molecule has 1 heterocycles. The molecule has 0 N–H and O–H groups in total. The van der Waals surface area contributed by atoms with Crippen LogP contribution in [0.15, 0.2) is 0 Å². The quantitative estimate of drug-likeness (QED) is 0.687. The van der Waals surface area contributed by atoms with E-state index in [1.807, 2.05) is 7.11 Å². The van der Waals surface area contributed by atoms with Crippen molar-refractivity contribution in [2.45, 2.75) is 50.7 Å². The number of carbonyl (C=O) groups is 1. The zero-order chi connectivity index (χ0) is 11.4. The fraction of sp³-hybridized carbons (Fsp3) is 0.923. The van der Waals surface area contributed by atoms with Crippen LogP contribution in [0.2, 0.25) is 0 Å². The predicted molar refractivity (Wildman–Crippen MR) is 63.4 cm³/mol. The van der Waals surface area contributed by atoms with E-state index in [0.717, 1.165) is 25.7 Å². The second-order valence-corrected chi connectivity index (χ2v) is 5.21. The predicted octanol–water partition coefficient (Wildman–Crippen LogP) is 1.85. The lowest BCUT2D eigenvalue weighted by Crippen LogP contribution is -2.46. The van der Waals surface area contributed by atoms with Crippen LogP contribution in [0.3, 0.4) is 0 Å². The van der Waals surface area contributed by atoms with Crippen LogP contribution in [0.1, 0.15) is 38.5 Å². The number of likely N-dealkylation sites (tertiary alicyclic amines) is 1. The first kappa shape index (κ1) is 12.1. The molecule has 0 spiro atoms. The molecule has 0 amide bonds. The van der Waals surface area contributed by atoms with Crippen LogP contribution >= 0.6 is 0 Å². The number of methoxy groups -OCH3 is 1. The van der Waals surface area contributed by atoms with Gasteiger partial charge in [-0.2, -0.15) is 0 Å². The molecule has 92 valence electrons. The van der Waals surface area contributed by atoms with Gasteiger partial charge < -0.3 is 9.53 Å². The molecule has 1 saturated heterocycles. The van der Waals surface area contributed by atoms with Gasteiger partial charge in [0.2, 0.25) is 0 Å². The number of piperidine rings is 1. The molecular weight excluding hydrogens is 202 g/mol. The molecule has 3 unspecified atom stereocenters. The summed E-state index contributed by atoms with van der Waals surface area (Å²) in [4.78, 5) is 13.4. The van der Waals surface area contributed by atoms with Gasteiger partial charge in [-0.1, -0.05) is 0 Å². The Morgan fingerprint density at radius 3 is 2.88 bits per heavy atom. The zero-order valence-corrected chi connectivity index (χ0v) is 10.2. The SMILES string of the molecule is COC1CCCC(N2CCCC(C=O)C2)C1. The second kappa shape index (κ2) is 5.78. The van der Waals surface area contributed by atoms with Gasteiger partial charge in [0, 0.05) is 25.6 Å². The Balaban J connectivity index is 1.88. The molecule has 3 heteroatoms. The highest BCUT2D eigenvalue weighted by Gasteiger charge is 2.29. The lowest BCUT2D eigenvalue weighted by Gasteiger charge is -2.40. The molecule has 0 aromatic carbocycles. The van der Waals surface area contributed by atoms with Crippen molar-refractivity contribution in [1.82, 2.24) is 4.90 Å². The summed E-state index contributed by atoms with van der Waals surface area (Å²) in [7, 11) is 1.82. The molecule has 3 atom stereocenters. The number of rotatable bonds is 3. The van der Waals surface area contributed by atoms with E-state index in [4.69, 9.17) is 4.74 Å². The fourth-order valence-electron chi connectivity index (χ4n) is 3.15. The summed E-state index contributed by atoms with van der Waals surface area (Å²) >= 11 is 0. The van der Waals surface area contributed by atoms with Crippen molar-refractivity contribution in [3.8, 4) is 0 Å². The smallest absolute Gasteiger partial charge is 0.124 e. The summed E-state index contributed by atoms with van der Waals surface area (Å²) < 4.78 is 5.47. The highest BCUT2D eigenvalue weighted by Crippen LogP contribution is 2.27. The monoisotopic (exact) mass is 225 g/mol. The van der Waals surface area contributed by atoms with E-state index in [2.05, 4.69) is 4.90 Å². The van der Waals surface area contributed by atoms with Gasteiger partial charge in [0.1, 0.15) is 6.29 Å². The maximum atomic E-state index is 10.9. The summed E-state index contributed by atoms with van der Waals surface area (Å²) in [5, 5.41) is 0. The molecule has 0 aromatic rings. The molecule has 0 bridgehead atoms. The minimum Gasteiger partial charge on any atom is -0.381 e. The first-order valence-corrected chi connectivity index (χ1v) is 6.55. The Hall–Kier alpha value is -0.410. The minimum atomic E-state index is 0.275. The van der Waals surface area contributed by atoms with Gasteiger partial charge in [0.25, 0.3) is 0 Å². The number of ether oxygens (including phenoxy) is 1. The Labute approximate surface area is 98.1 Å². The Kier molecular flexibility index (Phi) is 4.36. The average molecular weight is 225 g/mol. The third-order valence-electron chi connectivity index (χ3n) is 4.13. The van der Waals surface area contributed by atoms with Crippen molar-refractivity contribution in [3.05, 3.63) is 0 Å². The Bertz CT molecular complexity index is 232. The third kappa shape index (κ3) is 2.83. The van der Waals surface area contributed by atoms with Crippen molar-refractivity contribution in [2.24, 2.45) is 5.92 Å². The number of hydrogen-bond donors (Lipinski definition) is 0. The van der Waals surface area contributed by atoms with Crippen molar-refractivity contribution in [2.75, 3.05) is 20.2 Å². The summed E-state index contributed by atoms with van der Waals surface area (Å²) in [5.41, 5.74) is 0. The molecule has 16 heavy (non-hydrogen) atoms. The van der Waals surface area contributed by atoms with E-state index in [1.54, 1.807) is 0 Å². The van der Waals surface area contributed by atoms with Gasteiger partial charge >= 0.3 is 0 Å². The van der Waals surface area contributed by atoms with Gasteiger partial charge in [-0.25, -0.2) is 0 Å². The lowest BCUT2D eigenvalue weighted by atomic mass is 9.89. The molecule has 1 saturated carbocycles. The Morgan fingerprint density at radius 1 is 1.25 bits per heavy atom. The number of hydrogen-bond acceptors (Lipinski definition) is 3. The summed E-state index contributed by atoms with van der Waals surface area (Å²) in [6.45, 7) is 2.15. The summed E-state index contributed by atoms with van der Waals surface area (Å²) in [5.74, 6) is 0.275. The summed E-state index contributed by atoms with van der Waals surface area (Å²) in [6.07, 6.45) is 8.76. The molecule has 2 aliphatic rings. The normalized spacial score (nSPS) is 37.2. The molecule has 1 aliphatic heterocycles. The van der Waals surface area contributed by atoms with Crippen molar-refractivity contribution in [1.29, 1.82) is 0 Å². The molecular formula is C13H23NO2. The van der Waals surface area contributed by atoms with Crippen LogP contribution in [0.4, 0.5) is 0 Å². The second-order valence-electron chi connectivity index (χ2n) is 5.21. The summed E-state index contributed by atoms with van der Waals surface area (Å²) in [6, 6.07) is 0.654. The topological polar surface area (TPSA) is 29.5 Å². The van der Waals surface area contributed by atoms with Crippen molar-refractivity contribution < 1.29 is 9.53 Å². The standard InChI is InChI=1S/C13H23NO2/c1-16-13-6-2-5-12(8-13)14-7-3-4-11(9-14)10-15/h10-13H,2-9H2,1H3. The maximum absolute atomic E-state index is 10.9. The largest absolute Gasteiger partial charge is 0.381 e.